The minimum absolute atomic E-state index is 0.133. The molecule has 0 bridgehead atoms. The summed E-state index contributed by atoms with van der Waals surface area (Å²) in [5.41, 5.74) is 1.30. The van der Waals surface area contributed by atoms with Crippen molar-refractivity contribution in [2.75, 3.05) is 6.61 Å². The van der Waals surface area contributed by atoms with Gasteiger partial charge in [0.05, 0.1) is 6.61 Å². The van der Waals surface area contributed by atoms with Crippen molar-refractivity contribution in [3.05, 3.63) is 23.3 Å². The molecule has 0 aromatic heterocycles. The van der Waals surface area contributed by atoms with Crippen molar-refractivity contribution in [1.82, 2.24) is 0 Å². The van der Waals surface area contributed by atoms with Gasteiger partial charge < -0.3 is 10.2 Å². The van der Waals surface area contributed by atoms with Crippen molar-refractivity contribution in [2.24, 2.45) is 0 Å². The molecule has 1 atom stereocenters. The van der Waals surface area contributed by atoms with E-state index in [4.69, 9.17) is 11.5 Å². The molecule has 17 heavy (non-hydrogen) atoms. The molecule has 0 aromatic carbocycles. The molecule has 2 N–H and O–H groups in total. The van der Waals surface area contributed by atoms with Gasteiger partial charge in [0.15, 0.2) is 0 Å². The zero-order chi connectivity index (χ0) is 13.3. The highest BCUT2D eigenvalue weighted by molar-refractivity contribution is 5.07. The van der Waals surface area contributed by atoms with Gasteiger partial charge in [-0.3, -0.25) is 0 Å². The maximum Gasteiger partial charge on any atom is 0.122 e. The maximum atomic E-state index is 9.61. The molecule has 0 spiro atoms. The average molecular weight is 236 g/mol. The first-order chi connectivity index (χ1) is 7.91. The molecular formula is C15H24O2. The first-order valence-electron chi connectivity index (χ1n) is 6.03. The van der Waals surface area contributed by atoms with Crippen molar-refractivity contribution < 1.29 is 10.2 Å². The molecule has 0 heterocycles. The van der Waals surface area contributed by atoms with Crippen LogP contribution >= 0.6 is 0 Å². The molecule has 0 rings (SSSR count). The summed E-state index contributed by atoms with van der Waals surface area (Å²) in [6.45, 7) is 5.78. The molecule has 0 radical (unpaired) electrons. The fourth-order valence-electron chi connectivity index (χ4n) is 1.38. The highest BCUT2D eigenvalue weighted by Gasteiger charge is 2.14. The lowest BCUT2D eigenvalue weighted by atomic mass is 10.00. The summed E-state index contributed by atoms with van der Waals surface area (Å²) in [7, 11) is 0. The van der Waals surface area contributed by atoms with Crippen molar-refractivity contribution in [3.63, 3.8) is 0 Å². The number of hydrogen-bond donors (Lipinski definition) is 2. The summed E-state index contributed by atoms with van der Waals surface area (Å²) in [4.78, 5) is 0. The van der Waals surface area contributed by atoms with Crippen molar-refractivity contribution in [2.45, 2.75) is 52.1 Å². The van der Waals surface area contributed by atoms with Crippen LogP contribution in [0.1, 0.15) is 46.5 Å². The third kappa shape index (κ3) is 8.74. The van der Waals surface area contributed by atoms with Gasteiger partial charge in [0, 0.05) is 0 Å². The monoisotopic (exact) mass is 236 g/mol. The molecule has 0 aliphatic rings. The Morgan fingerprint density at radius 1 is 1.24 bits per heavy atom. The van der Waals surface area contributed by atoms with Crippen LogP contribution in [0.15, 0.2) is 23.3 Å². The van der Waals surface area contributed by atoms with E-state index in [1.54, 1.807) is 6.92 Å². The van der Waals surface area contributed by atoms with Crippen molar-refractivity contribution in [3.8, 4) is 12.3 Å². The quantitative estimate of drug-likeness (QED) is 0.527. The summed E-state index contributed by atoms with van der Waals surface area (Å²) < 4.78 is 0. The summed E-state index contributed by atoms with van der Waals surface area (Å²) >= 11 is 0. The fraction of sp³-hybridized carbons (Fsp3) is 0.600. The van der Waals surface area contributed by atoms with Crippen LogP contribution in [0.3, 0.4) is 0 Å². The van der Waals surface area contributed by atoms with E-state index in [0.29, 0.717) is 6.42 Å². The summed E-state index contributed by atoms with van der Waals surface area (Å²) in [6, 6.07) is 0. The molecule has 0 aliphatic carbocycles. The van der Waals surface area contributed by atoms with Gasteiger partial charge in [-0.05, 0) is 46.5 Å². The Labute approximate surface area is 105 Å². The maximum absolute atomic E-state index is 9.61. The topological polar surface area (TPSA) is 40.5 Å². The minimum Gasteiger partial charge on any atom is -0.392 e. The van der Waals surface area contributed by atoms with Crippen LogP contribution in [0.2, 0.25) is 0 Å². The lowest BCUT2D eigenvalue weighted by Crippen LogP contribution is -2.20. The summed E-state index contributed by atoms with van der Waals surface area (Å²) in [5.74, 6) is 2.37. The Bertz CT molecular complexity index is 316. The van der Waals surface area contributed by atoms with E-state index in [9.17, 15) is 5.11 Å². The Kier molecular flexibility index (Phi) is 7.61. The second-order valence-corrected chi connectivity index (χ2v) is 4.75. The molecule has 2 nitrogen and oxygen atoms in total. The van der Waals surface area contributed by atoms with Crippen LogP contribution in [-0.2, 0) is 0 Å². The molecule has 0 fully saturated rings. The van der Waals surface area contributed by atoms with Crippen LogP contribution < -0.4 is 0 Å². The van der Waals surface area contributed by atoms with Gasteiger partial charge in [0.1, 0.15) is 5.60 Å². The van der Waals surface area contributed by atoms with Gasteiger partial charge in [-0.25, -0.2) is 0 Å². The van der Waals surface area contributed by atoms with Gasteiger partial charge in [-0.15, -0.1) is 6.42 Å². The molecule has 0 saturated heterocycles. The number of rotatable bonds is 7. The fourth-order valence-corrected chi connectivity index (χ4v) is 1.38. The van der Waals surface area contributed by atoms with Gasteiger partial charge in [0.2, 0.25) is 0 Å². The second kappa shape index (κ2) is 8.11. The Morgan fingerprint density at radius 3 is 2.35 bits per heavy atom. The van der Waals surface area contributed by atoms with E-state index in [-0.39, 0.29) is 6.61 Å². The van der Waals surface area contributed by atoms with E-state index in [2.05, 4.69) is 25.0 Å². The van der Waals surface area contributed by atoms with E-state index >= 15 is 0 Å². The lowest BCUT2D eigenvalue weighted by Gasteiger charge is -2.14. The standard InChI is InChI=1S/C15H24O2/c1-5-15(4,17)11-7-10-13(2)8-6-9-14(3)12-16/h1,9-10,16-17H,6-8,11-12H2,2-4H3/b13-10+,14-9+. The van der Waals surface area contributed by atoms with Crippen LogP contribution in [0.5, 0.6) is 0 Å². The molecule has 0 saturated carbocycles. The third-order valence-electron chi connectivity index (χ3n) is 2.72. The van der Waals surface area contributed by atoms with Crippen LogP contribution in [0, 0.1) is 12.3 Å². The Balaban J connectivity index is 3.92. The lowest BCUT2D eigenvalue weighted by molar-refractivity contribution is 0.113. The number of aliphatic hydroxyl groups excluding tert-OH is 1. The van der Waals surface area contributed by atoms with Gasteiger partial charge >= 0.3 is 0 Å². The van der Waals surface area contributed by atoms with E-state index < -0.39 is 5.60 Å². The summed E-state index contributed by atoms with van der Waals surface area (Å²) in [5, 5.41) is 18.4. The van der Waals surface area contributed by atoms with Crippen LogP contribution in [0.4, 0.5) is 0 Å². The number of terminal acetylenes is 1. The number of hydrogen-bond acceptors (Lipinski definition) is 2. The predicted molar refractivity (Wildman–Crippen MR) is 72.5 cm³/mol. The van der Waals surface area contributed by atoms with Gasteiger partial charge in [0.25, 0.3) is 0 Å². The smallest absolute Gasteiger partial charge is 0.122 e. The first-order valence-corrected chi connectivity index (χ1v) is 6.03. The van der Waals surface area contributed by atoms with E-state index in [0.717, 1.165) is 24.8 Å². The van der Waals surface area contributed by atoms with Crippen molar-refractivity contribution >= 4 is 0 Å². The highest BCUT2D eigenvalue weighted by atomic mass is 16.3. The van der Waals surface area contributed by atoms with Crippen LogP contribution in [-0.4, -0.2) is 22.4 Å². The molecular weight excluding hydrogens is 212 g/mol. The zero-order valence-electron chi connectivity index (χ0n) is 11.2. The molecule has 0 aliphatic heterocycles. The molecule has 2 heteroatoms. The average Bonchev–Trinajstić information content (AvgIpc) is 2.28. The van der Waals surface area contributed by atoms with Crippen molar-refractivity contribution in [1.29, 1.82) is 0 Å². The van der Waals surface area contributed by atoms with E-state index in [1.165, 1.54) is 5.57 Å². The normalized spacial score (nSPS) is 16.5. The molecule has 96 valence electrons. The van der Waals surface area contributed by atoms with Crippen LogP contribution in [0.25, 0.3) is 0 Å². The molecule has 0 amide bonds. The highest BCUT2D eigenvalue weighted by Crippen LogP contribution is 2.14. The minimum atomic E-state index is -0.996. The van der Waals surface area contributed by atoms with Gasteiger partial charge in [-0.1, -0.05) is 29.2 Å². The first kappa shape index (κ1) is 16.0. The SMILES string of the molecule is C#CC(C)(O)CC/C=C(\C)CC/C=C(\C)CO. The molecule has 1 unspecified atom stereocenters. The number of aliphatic hydroxyl groups is 2. The zero-order valence-corrected chi connectivity index (χ0v) is 11.2. The van der Waals surface area contributed by atoms with Gasteiger partial charge in [-0.2, -0.15) is 0 Å². The predicted octanol–water partition coefficient (Wildman–Crippen LogP) is 2.82. The number of allylic oxidation sites excluding steroid dienone is 3. The second-order valence-electron chi connectivity index (χ2n) is 4.75. The van der Waals surface area contributed by atoms with E-state index in [1.807, 2.05) is 6.92 Å². The molecule has 0 aromatic rings. The Morgan fingerprint density at radius 2 is 1.82 bits per heavy atom. The third-order valence-corrected chi connectivity index (χ3v) is 2.72. The largest absolute Gasteiger partial charge is 0.392 e. The Hall–Kier alpha value is -1.04. The summed E-state index contributed by atoms with van der Waals surface area (Å²) in [6.07, 6.45) is 12.7.